The maximum atomic E-state index is 13.0. The number of carbonyl (C=O) groups excluding carboxylic acids is 1. The summed E-state index contributed by atoms with van der Waals surface area (Å²) in [5.74, 6) is 1.90. The quantitative estimate of drug-likeness (QED) is 0.397. The van der Waals surface area contributed by atoms with Crippen LogP contribution < -0.4 is 19.1 Å². The summed E-state index contributed by atoms with van der Waals surface area (Å²) in [5, 5.41) is 3.01. The number of nitrogens with zero attached hydrogens (tertiary/aromatic N) is 1. The number of hydrogen-bond acceptors (Lipinski definition) is 5. The maximum absolute atomic E-state index is 13.0. The second-order valence-corrected chi connectivity index (χ2v) is 10.6. The van der Waals surface area contributed by atoms with Gasteiger partial charge in [-0.2, -0.15) is 0 Å². The monoisotopic (exact) mass is 496 g/mol. The minimum atomic E-state index is -3.70. The van der Waals surface area contributed by atoms with Gasteiger partial charge in [0.15, 0.2) is 0 Å². The number of sulfonamides is 1. The lowest BCUT2D eigenvalue weighted by molar-refractivity contribution is -0.120. The van der Waals surface area contributed by atoms with Gasteiger partial charge in [-0.1, -0.05) is 44.2 Å². The molecule has 0 aliphatic rings. The number of hydrogen-bond donors (Lipinski definition) is 1. The summed E-state index contributed by atoms with van der Waals surface area (Å²) in [7, 11) is -2.10. The number of carbonyl (C=O) groups is 1. The van der Waals surface area contributed by atoms with Crippen molar-refractivity contribution in [1.82, 2.24) is 5.32 Å². The first-order chi connectivity index (χ1) is 16.7. The van der Waals surface area contributed by atoms with Gasteiger partial charge in [-0.15, -0.1) is 0 Å². The minimum Gasteiger partial charge on any atom is -0.497 e. The first kappa shape index (κ1) is 26.1. The predicted octanol–water partition coefficient (Wildman–Crippen LogP) is 5.16. The van der Waals surface area contributed by atoms with Crippen LogP contribution in [0.2, 0.25) is 0 Å². The Bertz CT molecular complexity index is 1190. The van der Waals surface area contributed by atoms with Crippen LogP contribution in [0.5, 0.6) is 17.2 Å². The molecule has 0 saturated heterocycles. The van der Waals surface area contributed by atoms with Gasteiger partial charge in [0.2, 0.25) is 15.9 Å². The van der Waals surface area contributed by atoms with Crippen LogP contribution in [0, 0.1) is 5.92 Å². The SMILES string of the molecule is COc1ccc([C@@H](CC(C)C)NC(=O)CN(c2ccc(Oc3ccccc3)cc2)S(C)(=O)=O)cc1. The predicted molar refractivity (Wildman–Crippen MR) is 138 cm³/mol. The van der Waals surface area contributed by atoms with Gasteiger partial charge in [-0.3, -0.25) is 9.10 Å². The van der Waals surface area contributed by atoms with Gasteiger partial charge in [-0.05, 0) is 66.4 Å². The van der Waals surface area contributed by atoms with Crippen LogP contribution >= 0.6 is 0 Å². The van der Waals surface area contributed by atoms with E-state index >= 15 is 0 Å². The molecule has 8 heteroatoms. The van der Waals surface area contributed by atoms with Crippen molar-refractivity contribution < 1.29 is 22.7 Å². The second-order valence-electron chi connectivity index (χ2n) is 8.70. The fourth-order valence-electron chi connectivity index (χ4n) is 3.66. The van der Waals surface area contributed by atoms with Crippen molar-refractivity contribution in [2.24, 2.45) is 5.92 Å². The van der Waals surface area contributed by atoms with E-state index in [0.29, 0.717) is 29.5 Å². The van der Waals surface area contributed by atoms with Gasteiger partial charge in [-0.25, -0.2) is 8.42 Å². The van der Waals surface area contributed by atoms with E-state index in [1.165, 1.54) is 0 Å². The lowest BCUT2D eigenvalue weighted by atomic mass is 9.97. The summed E-state index contributed by atoms with van der Waals surface area (Å²) in [5.41, 5.74) is 1.31. The Morgan fingerprint density at radius 2 is 1.46 bits per heavy atom. The van der Waals surface area contributed by atoms with E-state index in [1.807, 2.05) is 54.6 Å². The second kappa shape index (κ2) is 11.8. The van der Waals surface area contributed by atoms with Crippen molar-refractivity contribution in [3.63, 3.8) is 0 Å². The molecule has 0 unspecified atom stereocenters. The van der Waals surface area contributed by atoms with E-state index in [1.54, 1.807) is 31.4 Å². The van der Waals surface area contributed by atoms with Crippen molar-refractivity contribution in [2.75, 3.05) is 24.2 Å². The Morgan fingerprint density at radius 1 is 0.886 bits per heavy atom. The average Bonchev–Trinajstić information content (AvgIpc) is 2.82. The van der Waals surface area contributed by atoms with Crippen LogP contribution in [0.1, 0.15) is 31.9 Å². The number of amides is 1. The Labute approximate surface area is 207 Å². The van der Waals surface area contributed by atoms with E-state index in [2.05, 4.69) is 19.2 Å². The summed E-state index contributed by atoms with van der Waals surface area (Å²) in [6.07, 6.45) is 1.80. The first-order valence-electron chi connectivity index (χ1n) is 11.4. The lowest BCUT2D eigenvalue weighted by Crippen LogP contribution is -2.41. The molecule has 0 radical (unpaired) electrons. The van der Waals surface area contributed by atoms with Gasteiger partial charge in [0.1, 0.15) is 23.8 Å². The highest BCUT2D eigenvalue weighted by molar-refractivity contribution is 7.92. The number of rotatable bonds is 11. The molecule has 1 amide bonds. The number of para-hydroxylation sites is 1. The Morgan fingerprint density at radius 3 is 2.00 bits per heavy atom. The molecule has 0 aliphatic heterocycles. The third-order valence-electron chi connectivity index (χ3n) is 5.35. The minimum absolute atomic E-state index is 0.253. The van der Waals surface area contributed by atoms with Crippen LogP contribution in [0.15, 0.2) is 78.9 Å². The highest BCUT2D eigenvalue weighted by Gasteiger charge is 2.23. The zero-order valence-corrected chi connectivity index (χ0v) is 21.3. The molecule has 3 aromatic rings. The molecule has 186 valence electrons. The third-order valence-corrected chi connectivity index (χ3v) is 6.49. The van der Waals surface area contributed by atoms with Gasteiger partial charge in [0.05, 0.1) is 25.1 Å². The maximum Gasteiger partial charge on any atom is 0.241 e. The van der Waals surface area contributed by atoms with Crippen molar-refractivity contribution in [2.45, 2.75) is 26.3 Å². The molecule has 0 aliphatic carbocycles. The van der Waals surface area contributed by atoms with Gasteiger partial charge < -0.3 is 14.8 Å². The summed E-state index contributed by atoms with van der Waals surface area (Å²) >= 11 is 0. The van der Waals surface area contributed by atoms with Crippen molar-refractivity contribution in [3.8, 4) is 17.2 Å². The van der Waals surface area contributed by atoms with Gasteiger partial charge >= 0.3 is 0 Å². The Balaban J connectivity index is 1.74. The van der Waals surface area contributed by atoms with Crippen molar-refractivity contribution in [1.29, 1.82) is 0 Å². The molecule has 1 atom stereocenters. The molecular formula is C27H32N2O5S. The van der Waals surface area contributed by atoms with E-state index in [9.17, 15) is 13.2 Å². The van der Waals surface area contributed by atoms with E-state index < -0.39 is 10.0 Å². The highest BCUT2D eigenvalue weighted by atomic mass is 32.2. The summed E-state index contributed by atoms with van der Waals surface area (Å²) in [6.45, 7) is 3.82. The van der Waals surface area contributed by atoms with Crippen LogP contribution in [-0.2, 0) is 14.8 Å². The van der Waals surface area contributed by atoms with Crippen molar-refractivity contribution in [3.05, 3.63) is 84.4 Å². The standard InChI is InChI=1S/C27H32N2O5S/c1-20(2)18-26(21-10-14-23(33-3)15-11-21)28-27(30)19-29(35(4,31)32)22-12-16-25(17-13-22)34-24-8-6-5-7-9-24/h5-17,20,26H,18-19H2,1-4H3,(H,28,30)/t26-/m1/s1. The average molecular weight is 497 g/mol. The molecule has 0 bridgehead atoms. The van der Waals surface area contributed by atoms with Crippen LogP contribution in [-0.4, -0.2) is 34.2 Å². The molecular weight excluding hydrogens is 464 g/mol. The Kier molecular flexibility index (Phi) is 8.76. The summed E-state index contributed by atoms with van der Waals surface area (Å²) in [4.78, 5) is 13.0. The molecule has 35 heavy (non-hydrogen) atoms. The molecule has 0 aromatic heterocycles. The van der Waals surface area contributed by atoms with Gasteiger partial charge in [0, 0.05) is 0 Å². The summed E-state index contributed by atoms with van der Waals surface area (Å²) in [6, 6.07) is 23.2. The number of benzene rings is 3. The fourth-order valence-corrected chi connectivity index (χ4v) is 4.52. The molecule has 3 rings (SSSR count). The molecule has 0 fully saturated rings. The fraction of sp³-hybridized carbons (Fsp3) is 0.296. The zero-order valence-electron chi connectivity index (χ0n) is 20.5. The lowest BCUT2D eigenvalue weighted by Gasteiger charge is -2.25. The topological polar surface area (TPSA) is 84.9 Å². The van der Waals surface area contributed by atoms with Crippen LogP contribution in [0.25, 0.3) is 0 Å². The van der Waals surface area contributed by atoms with E-state index in [4.69, 9.17) is 9.47 Å². The molecule has 0 heterocycles. The first-order valence-corrected chi connectivity index (χ1v) is 13.2. The van der Waals surface area contributed by atoms with Crippen LogP contribution in [0.3, 0.4) is 0 Å². The molecule has 1 N–H and O–H groups in total. The van der Waals surface area contributed by atoms with Crippen LogP contribution in [0.4, 0.5) is 5.69 Å². The molecule has 0 spiro atoms. The smallest absolute Gasteiger partial charge is 0.241 e. The molecule has 0 saturated carbocycles. The Hall–Kier alpha value is -3.52. The number of nitrogens with one attached hydrogen (secondary N) is 1. The number of ether oxygens (including phenoxy) is 2. The molecule has 7 nitrogen and oxygen atoms in total. The van der Waals surface area contributed by atoms with E-state index in [-0.39, 0.29) is 18.5 Å². The van der Waals surface area contributed by atoms with E-state index in [0.717, 1.165) is 21.9 Å². The zero-order chi connectivity index (χ0) is 25.4. The largest absolute Gasteiger partial charge is 0.497 e. The van der Waals surface area contributed by atoms with Crippen molar-refractivity contribution >= 4 is 21.6 Å². The van der Waals surface area contributed by atoms with Gasteiger partial charge in [0.25, 0.3) is 0 Å². The normalized spacial score (nSPS) is 12.1. The number of methoxy groups -OCH3 is 1. The highest BCUT2D eigenvalue weighted by Crippen LogP contribution is 2.26. The summed E-state index contributed by atoms with van der Waals surface area (Å²) < 4.78 is 37.2. The number of anilines is 1. The molecule has 3 aromatic carbocycles. The third kappa shape index (κ3) is 7.75.